The molecule has 26 heavy (non-hydrogen) atoms. The van der Waals surface area contributed by atoms with E-state index in [4.69, 9.17) is 10.1 Å². The summed E-state index contributed by atoms with van der Waals surface area (Å²) < 4.78 is 1.03. The van der Waals surface area contributed by atoms with Gasteiger partial charge in [-0.15, -0.1) is 11.3 Å². The van der Waals surface area contributed by atoms with Crippen molar-refractivity contribution in [3.8, 4) is 0 Å². The summed E-state index contributed by atoms with van der Waals surface area (Å²) in [5, 5.41) is 12.8. The summed E-state index contributed by atoms with van der Waals surface area (Å²) in [7, 11) is 0. The number of fused-ring (bicyclic) bond motifs is 1. The number of benzene rings is 1. The Hall–Kier alpha value is -2.45. The van der Waals surface area contributed by atoms with Gasteiger partial charge in [-0.1, -0.05) is 11.3 Å². The van der Waals surface area contributed by atoms with Gasteiger partial charge in [-0.3, -0.25) is 4.79 Å². The van der Waals surface area contributed by atoms with Gasteiger partial charge in [0.1, 0.15) is 4.83 Å². The number of piperidine rings is 1. The molecule has 0 atom stereocenters. The van der Waals surface area contributed by atoms with Crippen molar-refractivity contribution in [2.24, 2.45) is 0 Å². The molecule has 1 aromatic carbocycles. The molecule has 3 heterocycles. The molecule has 0 aliphatic carbocycles. The van der Waals surface area contributed by atoms with Crippen molar-refractivity contribution < 1.29 is 14.7 Å². The Morgan fingerprint density at radius 3 is 2.46 bits per heavy atom. The summed E-state index contributed by atoms with van der Waals surface area (Å²) in [6.45, 7) is 2.11. The van der Waals surface area contributed by atoms with Crippen molar-refractivity contribution in [3.05, 3.63) is 40.8 Å². The largest absolute Gasteiger partial charge is 0.478 e. The number of hydrogen-bond donors (Lipinski definition) is 2. The average molecular weight is 387 g/mol. The van der Waals surface area contributed by atoms with Crippen LogP contribution in [-0.2, 0) is 0 Å². The van der Waals surface area contributed by atoms with Crippen LogP contribution in [0.1, 0.15) is 39.3 Å². The highest BCUT2D eigenvalue weighted by Crippen LogP contribution is 2.35. The number of hydrogen-bond acceptors (Lipinski definition) is 6. The molecule has 1 amide bonds. The molecule has 134 valence electrons. The molecular weight excluding hydrogens is 370 g/mol. The number of thiazole rings is 1. The molecule has 1 aliphatic rings. The number of carbonyl (C=O) groups excluding carboxylic acids is 1. The molecule has 2 aromatic heterocycles. The van der Waals surface area contributed by atoms with Gasteiger partial charge < -0.3 is 15.3 Å². The molecule has 1 aliphatic heterocycles. The van der Waals surface area contributed by atoms with Gasteiger partial charge in [0.05, 0.1) is 15.1 Å². The molecule has 8 heteroatoms. The quantitative estimate of drug-likeness (QED) is 0.697. The van der Waals surface area contributed by atoms with Gasteiger partial charge >= 0.3 is 5.97 Å². The van der Waals surface area contributed by atoms with E-state index in [-0.39, 0.29) is 11.5 Å². The van der Waals surface area contributed by atoms with Crippen LogP contribution in [0.25, 0.3) is 9.53 Å². The van der Waals surface area contributed by atoms with Crippen LogP contribution < -0.4 is 10.2 Å². The predicted octanol–water partition coefficient (Wildman–Crippen LogP) is 4.30. The van der Waals surface area contributed by atoms with Gasteiger partial charge in [0.15, 0.2) is 5.13 Å². The van der Waals surface area contributed by atoms with E-state index in [0.717, 1.165) is 27.8 Å². The van der Waals surface area contributed by atoms with Crippen LogP contribution in [0.2, 0.25) is 0 Å². The minimum Gasteiger partial charge on any atom is -0.478 e. The molecular formula is C18H17N3O3S2. The first-order valence-electron chi connectivity index (χ1n) is 8.40. The van der Waals surface area contributed by atoms with E-state index in [1.165, 1.54) is 42.7 Å². The van der Waals surface area contributed by atoms with Crippen molar-refractivity contribution in [2.75, 3.05) is 23.3 Å². The molecule has 0 spiro atoms. The molecule has 1 saturated heterocycles. The summed E-state index contributed by atoms with van der Waals surface area (Å²) in [5.41, 5.74) is 0.757. The SMILES string of the molecule is O=C(O)c1ccc(NC(=O)c2cc3sc(N4CCCCC4)nc3s2)cc1. The topological polar surface area (TPSA) is 82.5 Å². The van der Waals surface area contributed by atoms with E-state index in [2.05, 4.69) is 10.2 Å². The van der Waals surface area contributed by atoms with Crippen LogP contribution in [0.4, 0.5) is 10.8 Å². The lowest BCUT2D eigenvalue weighted by Crippen LogP contribution is -2.29. The van der Waals surface area contributed by atoms with Crippen molar-refractivity contribution >= 4 is 54.9 Å². The van der Waals surface area contributed by atoms with Crippen molar-refractivity contribution in [1.82, 2.24) is 4.98 Å². The number of aromatic nitrogens is 1. The Labute approximate surface area is 158 Å². The molecule has 6 nitrogen and oxygen atoms in total. The molecule has 0 unspecified atom stereocenters. The zero-order valence-electron chi connectivity index (χ0n) is 13.9. The van der Waals surface area contributed by atoms with Crippen molar-refractivity contribution in [2.45, 2.75) is 19.3 Å². The fourth-order valence-electron chi connectivity index (χ4n) is 2.94. The third-order valence-electron chi connectivity index (χ3n) is 4.32. The molecule has 0 radical (unpaired) electrons. The highest BCUT2D eigenvalue weighted by molar-refractivity contribution is 7.29. The molecule has 3 aromatic rings. The number of carbonyl (C=O) groups is 2. The lowest BCUT2D eigenvalue weighted by Gasteiger charge is -2.25. The second kappa shape index (κ2) is 7.05. The lowest BCUT2D eigenvalue weighted by molar-refractivity contribution is 0.0696. The second-order valence-corrected chi connectivity index (χ2v) is 8.20. The number of anilines is 2. The van der Waals surface area contributed by atoms with Gasteiger partial charge in [-0.05, 0) is 49.6 Å². The molecule has 2 N–H and O–H groups in total. The third-order valence-corrected chi connectivity index (χ3v) is 6.54. The Morgan fingerprint density at radius 1 is 1.08 bits per heavy atom. The summed E-state index contributed by atoms with van der Waals surface area (Å²) in [5.74, 6) is -1.19. The van der Waals surface area contributed by atoms with Crippen molar-refractivity contribution in [1.29, 1.82) is 0 Å². The lowest BCUT2D eigenvalue weighted by atomic mass is 10.1. The number of nitrogens with one attached hydrogen (secondary N) is 1. The summed E-state index contributed by atoms with van der Waals surface area (Å²) in [6.07, 6.45) is 3.71. The van der Waals surface area contributed by atoms with Gasteiger partial charge in [0.2, 0.25) is 0 Å². The van der Waals surface area contributed by atoms with Gasteiger partial charge in [0, 0.05) is 18.8 Å². The summed E-state index contributed by atoms with van der Waals surface area (Å²) >= 11 is 3.02. The molecule has 1 fully saturated rings. The number of aromatic carboxylic acids is 1. The molecule has 0 bridgehead atoms. The minimum absolute atomic E-state index is 0.189. The first-order valence-corrected chi connectivity index (χ1v) is 10.0. The Kier molecular flexibility index (Phi) is 4.60. The minimum atomic E-state index is -0.989. The maximum atomic E-state index is 12.4. The summed E-state index contributed by atoms with van der Waals surface area (Å²) in [4.78, 5) is 31.8. The van der Waals surface area contributed by atoms with Crippen molar-refractivity contribution in [3.63, 3.8) is 0 Å². The maximum Gasteiger partial charge on any atom is 0.335 e. The fourth-order valence-corrected chi connectivity index (χ4v) is 5.10. The maximum absolute atomic E-state index is 12.4. The number of thiophene rings is 1. The van der Waals surface area contributed by atoms with Crippen LogP contribution in [0.5, 0.6) is 0 Å². The van der Waals surface area contributed by atoms with Crippen LogP contribution >= 0.6 is 22.7 Å². The Bertz CT molecular complexity index is 924. The van der Waals surface area contributed by atoms with E-state index in [0.29, 0.717) is 10.6 Å². The van der Waals surface area contributed by atoms with Gasteiger partial charge in [0.25, 0.3) is 5.91 Å². The first kappa shape index (κ1) is 17.0. The number of amides is 1. The van der Waals surface area contributed by atoms with E-state index < -0.39 is 5.97 Å². The number of nitrogens with zero attached hydrogens (tertiary/aromatic N) is 2. The number of carboxylic acid groups (broad SMARTS) is 1. The Morgan fingerprint density at radius 2 is 1.81 bits per heavy atom. The van der Waals surface area contributed by atoms with E-state index in [1.54, 1.807) is 23.5 Å². The normalized spacial score (nSPS) is 14.5. The van der Waals surface area contributed by atoms with Gasteiger partial charge in [-0.2, -0.15) is 0 Å². The first-order chi connectivity index (χ1) is 12.6. The average Bonchev–Trinajstić information content (AvgIpc) is 3.22. The smallest absolute Gasteiger partial charge is 0.335 e. The van der Waals surface area contributed by atoms with E-state index >= 15 is 0 Å². The molecule has 0 saturated carbocycles. The van der Waals surface area contributed by atoms with Crippen LogP contribution in [0.15, 0.2) is 30.3 Å². The van der Waals surface area contributed by atoms with Crippen LogP contribution in [0.3, 0.4) is 0 Å². The van der Waals surface area contributed by atoms with E-state index in [9.17, 15) is 9.59 Å². The predicted molar refractivity (Wildman–Crippen MR) is 105 cm³/mol. The highest BCUT2D eigenvalue weighted by atomic mass is 32.1. The van der Waals surface area contributed by atoms with Crippen LogP contribution in [-0.4, -0.2) is 35.1 Å². The monoisotopic (exact) mass is 387 g/mol. The summed E-state index contributed by atoms with van der Waals surface area (Å²) in [6, 6.07) is 7.99. The number of rotatable bonds is 4. The zero-order chi connectivity index (χ0) is 18.1. The van der Waals surface area contributed by atoms with E-state index in [1.807, 2.05) is 6.07 Å². The standard InChI is InChI=1S/C18H17N3O3S2/c22-15(19-12-6-4-11(5-7-12)17(23)24)13-10-14-16(25-13)20-18(26-14)21-8-2-1-3-9-21/h4-7,10H,1-3,8-9H2,(H,19,22)(H,23,24). The fraction of sp³-hybridized carbons (Fsp3) is 0.278. The second-order valence-electron chi connectivity index (χ2n) is 6.16. The molecule has 4 rings (SSSR count). The Balaban J connectivity index is 1.48. The van der Waals surface area contributed by atoms with Crippen LogP contribution in [0, 0.1) is 0 Å². The third kappa shape index (κ3) is 3.42. The van der Waals surface area contributed by atoms with Gasteiger partial charge in [-0.25, -0.2) is 9.78 Å². The highest BCUT2D eigenvalue weighted by Gasteiger charge is 2.18. The number of carboxylic acids is 1. The zero-order valence-corrected chi connectivity index (χ0v) is 15.5.